The van der Waals surface area contributed by atoms with Crippen LogP contribution in [0.5, 0.6) is 0 Å². The predicted octanol–water partition coefficient (Wildman–Crippen LogP) is 3.15. The molecule has 4 rings (SSSR count). The number of aliphatic hydroxyl groups excluding tert-OH is 1. The third kappa shape index (κ3) is 4.21. The number of carbonyl (C=O) groups is 1. The van der Waals surface area contributed by atoms with Crippen molar-refractivity contribution in [3.63, 3.8) is 0 Å². The monoisotopic (exact) mass is 390 g/mol. The topological polar surface area (TPSA) is 61.4 Å². The highest BCUT2D eigenvalue weighted by molar-refractivity contribution is 5.84. The number of amides is 1. The van der Waals surface area contributed by atoms with Crippen LogP contribution in [0.25, 0.3) is 0 Å². The molecule has 4 nitrogen and oxygen atoms in total. The standard InChI is InChI=1S/C24H23FN2O2/c25-19-13-11-16(12-14-19)20-15-26-22(23(20)28)24(29)27-21(17-7-3-1-4-8-17)18-9-5-2-6-10-18/h1-14,20-23,26,28H,15H2,(H,27,29)/t20-,22+,23-/m1/s1. The molecule has 5 heteroatoms. The maximum absolute atomic E-state index is 13.2. The molecule has 0 spiro atoms. The van der Waals surface area contributed by atoms with Crippen LogP contribution in [0, 0.1) is 5.82 Å². The Balaban J connectivity index is 1.53. The van der Waals surface area contributed by atoms with Gasteiger partial charge in [-0.1, -0.05) is 72.8 Å². The Morgan fingerprint density at radius 2 is 1.48 bits per heavy atom. The van der Waals surface area contributed by atoms with Crippen LogP contribution >= 0.6 is 0 Å². The van der Waals surface area contributed by atoms with Crippen LogP contribution in [0.2, 0.25) is 0 Å². The van der Waals surface area contributed by atoms with Gasteiger partial charge in [0.2, 0.25) is 5.91 Å². The average molecular weight is 390 g/mol. The van der Waals surface area contributed by atoms with Gasteiger partial charge in [0.25, 0.3) is 0 Å². The van der Waals surface area contributed by atoms with Crippen LogP contribution in [0.3, 0.4) is 0 Å². The molecule has 0 radical (unpaired) electrons. The fourth-order valence-corrected chi connectivity index (χ4v) is 3.88. The fraction of sp³-hybridized carbons (Fsp3) is 0.208. The van der Waals surface area contributed by atoms with E-state index < -0.39 is 12.1 Å². The molecule has 1 heterocycles. The summed E-state index contributed by atoms with van der Waals surface area (Å²) in [5.74, 6) is -0.852. The zero-order valence-electron chi connectivity index (χ0n) is 15.8. The van der Waals surface area contributed by atoms with Crippen LogP contribution in [0.1, 0.15) is 28.7 Å². The first-order valence-corrected chi connectivity index (χ1v) is 9.70. The molecule has 0 aromatic heterocycles. The summed E-state index contributed by atoms with van der Waals surface area (Å²) in [5.41, 5.74) is 2.74. The Hall–Kier alpha value is -3.02. The Labute approximate surface area is 169 Å². The van der Waals surface area contributed by atoms with Crippen molar-refractivity contribution in [2.75, 3.05) is 6.54 Å². The van der Waals surface area contributed by atoms with Crippen molar-refractivity contribution in [2.24, 2.45) is 0 Å². The van der Waals surface area contributed by atoms with Gasteiger partial charge in [0.1, 0.15) is 11.9 Å². The number of rotatable bonds is 5. The summed E-state index contributed by atoms with van der Waals surface area (Å²) < 4.78 is 13.2. The van der Waals surface area contributed by atoms with Crippen LogP contribution in [-0.4, -0.2) is 29.7 Å². The normalized spacial score (nSPS) is 21.3. The van der Waals surface area contributed by atoms with Crippen molar-refractivity contribution >= 4 is 5.91 Å². The Bertz CT molecular complexity index is 908. The van der Waals surface area contributed by atoms with E-state index in [0.29, 0.717) is 6.54 Å². The molecule has 3 aromatic rings. The number of carbonyl (C=O) groups excluding carboxylic acids is 1. The average Bonchev–Trinajstić information content (AvgIpc) is 3.15. The molecule has 3 atom stereocenters. The number of nitrogens with one attached hydrogen (secondary N) is 2. The Morgan fingerprint density at radius 3 is 2.03 bits per heavy atom. The van der Waals surface area contributed by atoms with Crippen LogP contribution in [0.15, 0.2) is 84.9 Å². The highest BCUT2D eigenvalue weighted by Crippen LogP contribution is 2.28. The molecule has 1 aliphatic rings. The van der Waals surface area contributed by atoms with E-state index >= 15 is 0 Å². The van der Waals surface area contributed by atoms with E-state index in [2.05, 4.69) is 10.6 Å². The van der Waals surface area contributed by atoms with Gasteiger partial charge in [-0.3, -0.25) is 4.79 Å². The lowest BCUT2D eigenvalue weighted by atomic mass is 9.92. The highest BCUT2D eigenvalue weighted by Gasteiger charge is 2.40. The van der Waals surface area contributed by atoms with Gasteiger partial charge in [-0.2, -0.15) is 0 Å². The van der Waals surface area contributed by atoms with Crippen LogP contribution in [-0.2, 0) is 4.79 Å². The molecule has 1 fully saturated rings. The van der Waals surface area contributed by atoms with Crippen molar-refractivity contribution in [3.05, 3.63) is 107 Å². The first-order valence-electron chi connectivity index (χ1n) is 9.70. The van der Waals surface area contributed by atoms with Crippen molar-refractivity contribution in [1.29, 1.82) is 0 Å². The second-order valence-corrected chi connectivity index (χ2v) is 7.30. The molecule has 148 valence electrons. The summed E-state index contributed by atoms with van der Waals surface area (Å²) in [6.07, 6.45) is -0.896. The molecule has 0 unspecified atom stereocenters. The van der Waals surface area contributed by atoms with Crippen molar-refractivity contribution in [3.8, 4) is 0 Å². The van der Waals surface area contributed by atoms with E-state index in [1.807, 2.05) is 60.7 Å². The molecule has 3 aromatic carbocycles. The first kappa shape index (κ1) is 19.3. The SMILES string of the molecule is O=C(NC(c1ccccc1)c1ccccc1)[C@H]1NC[C@H](c2ccc(F)cc2)[C@H]1O. The Kier molecular flexibility index (Phi) is 5.69. The largest absolute Gasteiger partial charge is 0.390 e. The molecule has 0 saturated carbocycles. The molecule has 0 aliphatic carbocycles. The van der Waals surface area contributed by atoms with Gasteiger partial charge in [0.15, 0.2) is 0 Å². The maximum atomic E-state index is 13.2. The third-order valence-corrected chi connectivity index (χ3v) is 5.44. The van der Waals surface area contributed by atoms with E-state index in [-0.39, 0.29) is 23.7 Å². The molecule has 29 heavy (non-hydrogen) atoms. The minimum atomic E-state index is -0.896. The van der Waals surface area contributed by atoms with Gasteiger partial charge >= 0.3 is 0 Å². The van der Waals surface area contributed by atoms with E-state index in [1.54, 1.807) is 12.1 Å². The number of hydrogen-bond acceptors (Lipinski definition) is 3. The van der Waals surface area contributed by atoms with Gasteiger partial charge in [-0.05, 0) is 28.8 Å². The van der Waals surface area contributed by atoms with Crippen molar-refractivity contribution < 1.29 is 14.3 Å². The molecule has 1 saturated heterocycles. The Morgan fingerprint density at radius 1 is 0.931 bits per heavy atom. The number of halogens is 1. The fourth-order valence-electron chi connectivity index (χ4n) is 3.88. The lowest BCUT2D eigenvalue weighted by molar-refractivity contribution is -0.125. The summed E-state index contributed by atoms with van der Waals surface area (Å²) in [4.78, 5) is 13.1. The molecule has 3 N–H and O–H groups in total. The molecule has 1 amide bonds. The van der Waals surface area contributed by atoms with Gasteiger partial charge in [0, 0.05) is 12.5 Å². The zero-order valence-corrected chi connectivity index (χ0v) is 15.8. The van der Waals surface area contributed by atoms with Gasteiger partial charge in [0.05, 0.1) is 12.1 Å². The predicted molar refractivity (Wildman–Crippen MR) is 110 cm³/mol. The highest BCUT2D eigenvalue weighted by atomic mass is 19.1. The number of hydrogen-bond donors (Lipinski definition) is 3. The third-order valence-electron chi connectivity index (χ3n) is 5.44. The smallest absolute Gasteiger partial charge is 0.240 e. The number of aliphatic hydroxyl groups is 1. The lowest BCUT2D eigenvalue weighted by Crippen LogP contribution is -2.47. The minimum absolute atomic E-state index is 0.264. The van der Waals surface area contributed by atoms with E-state index in [1.165, 1.54) is 12.1 Å². The second-order valence-electron chi connectivity index (χ2n) is 7.30. The van der Waals surface area contributed by atoms with Gasteiger partial charge in [-0.15, -0.1) is 0 Å². The van der Waals surface area contributed by atoms with Crippen molar-refractivity contribution in [1.82, 2.24) is 10.6 Å². The van der Waals surface area contributed by atoms with Crippen LogP contribution < -0.4 is 10.6 Å². The molecular formula is C24H23FN2O2. The summed E-state index contributed by atoms with van der Waals surface area (Å²) in [6, 6.07) is 24.5. The first-order chi connectivity index (χ1) is 14.1. The van der Waals surface area contributed by atoms with Crippen molar-refractivity contribution in [2.45, 2.75) is 24.1 Å². The minimum Gasteiger partial charge on any atom is -0.390 e. The van der Waals surface area contributed by atoms with E-state index in [0.717, 1.165) is 16.7 Å². The van der Waals surface area contributed by atoms with Gasteiger partial charge < -0.3 is 15.7 Å². The van der Waals surface area contributed by atoms with E-state index in [9.17, 15) is 14.3 Å². The summed E-state index contributed by atoms with van der Waals surface area (Å²) in [5, 5.41) is 17.0. The zero-order chi connectivity index (χ0) is 20.2. The quantitative estimate of drug-likeness (QED) is 0.627. The molecule has 1 aliphatic heterocycles. The van der Waals surface area contributed by atoms with Gasteiger partial charge in [-0.25, -0.2) is 4.39 Å². The summed E-state index contributed by atoms with van der Waals surface area (Å²) in [6.45, 7) is 0.451. The lowest BCUT2D eigenvalue weighted by Gasteiger charge is -2.24. The number of benzene rings is 3. The summed E-state index contributed by atoms with van der Waals surface area (Å²) >= 11 is 0. The summed E-state index contributed by atoms with van der Waals surface area (Å²) in [7, 11) is 0. The van der Waals surface area contributed by atoms with Crippen LogP contribution in [0.4, 0.5) is 4.39 Å². The second kappa shape index (κ2) is 8.55. The van der Waals surface area contributed by atoms with E-state index in [4.69, 9.17) is 0 Å². The maximum Gasteiger partial charge on any atom is 0.240 e. The molecular weight excluding hydrogens is 367 g/mol. The molecule has 0 bridgehead atoms.